The standard InChI is InChI=1S/C22H46N2O.BrH/c1-5-6-7-8-9-10-11-12-13-14-15-16-17-19-22(25)23-20-18-21-24(2,3)4;/h5-21H2,1-4H3;1H. The van der Waals surface area contributed by atoms with Crippen LogP contribution in [0.2, 0.25) is 0 Å². The van der Waals surface area contributed by atoms with E-state index in [9.17, 15) is 4.79 Å². The Hall–Kier alpha value is -0.0900. The van der Waals surface area contributed by atoms with Gasteiger partial charge in [0.25, 0.3) is 0 Å². The molecule has 0 heterocycles. The van der Waals surface area contributed by atoms with Crippen LogP contribution in [0, 0.1) is 0 Å². The molecule has 0 saturated heterocycles. The number of nitrogens with zero attached hydrogens (tertiary/aromatic N) is 1. The van der Waals surface area contributed by atoms with Gasteiger partial charge < -0.3 is 26.8 Å². The zero-order chi connectivity index (χ0) is 18.8. The predicted molar refractivity (Wildman–Crippen MR) is 111 cm³/mol. The Balaban J connectivity index is 0. The lowest BCUT2D eigenvalue weighted by Gasteiger charge is -2.23. The molecule has 4 heteroatoms. The average Bonchev–Trinajstić information content (AvgIpc) is 2.55. The Morgan fingerprint density at radius 1 is 0.692 bits per heavy atom. The zero-order valence-electron chi connectivity index (χ0n) is 18.3. The Kier molecular flexibility index (Phi) is 21.3. The summed E-state index contributed by atoms with van der Waals surface area (Å²) in [4.78, 5) is 11.8. The summed E-state index contributed by atoms with van der Waals surface area (Å²) < 4.78 is 0.967. The minimum atomic E-state index is 0. The van der Waals surface area contributed by atoms with Crippen LogP contribution < -0.4 is 22.3 Å². The van der Waals surface area contributed by atoms with Crippen molar-refractivity contribution in [2.45, 2.75) is 103 Å². The van der Waals surface area contributed by atoms with Crippen LogP contribution in [0.15, 0.2) is 0 Å². The number of hydrogen-bond donors (Lipinski definition) is 1. The Labute approximate surface area is 175 Å². The van der Waals surface area contributed by atoms with Gasteiger partial charge in [-0.15, -0.1) is 0 Å². The summed E-state index contributed by atoms with van der Waals surface area (Å²) in [5, 5.41) is 3.05. The van der Waals surface area contributed by atoms with Crippen molar-refractivity contribution in [2.24, 2.45) is 0 Å². The van der Waals surface area contributed by atoms with E-state index in [0.717, 1.165) is 30.4 Å². The molecule has 0 aliphatic rings. The maximum absolute atomic E-state index is 11.8. The second-order valence-corrected chi connectivity index (χ2v) is 8.71. The van der Waals surface area contributed by atoms with E-state index in [1.807, 2.05) is 0 Å². The van der Waals surface area contributed by atoms with Crippen LogP contribution in [-0.4, -0.2) is 44.6 Å². The molecule has 158 valence electrons. The van der Waals surface area contributed by atoms with E-state index >= 15 is 0 Å². The van der Waals surface area contributed by atoms with E-state index in [0.29, 0.717) is 6.42 Å². The quantitative estimate of drug-likeness (QED) is 0.260. The van der Waals surface area contributed by atoms with Crippen molar-refractivity contribution in [1.82, 2.24) is 5.32 Å². The summed E-state index contributed by atoms with van der Waals surface area (Å²) in [6, 6.07) is 0. The number of hydrogen-bond acceptors (Lipinski definition) is 1. The minimum absolute atomic E-state index is 0. The van der Waals surface area contributed by atoms with E-state index in [2.05, 4.69) is 33.4 Å². The first kappa shape index (κ1) is 28.1. The number of carbonyl (C=O) groups is 1. The molecule has 26 heavy (non-hydrogen) atoms. The summed E-state index contributed by atoms with van der Waals surface area (Å²) in [5.41, 5.74) is 0. The second-order valence-electron chi connectivity index (χ2n) is 8.71. The van der Waals surface area contributed by atoms with Crippen molar-refractivity contribution in [3.63, 3.8) is 0 Å². The summed E-state index contributed by atoms with van der Waals surface area (Å²) in [5.74, 6) is 0.240. The lowest BCUT2D eigenvalue weighted by atomic mass is 10.0. The molecule has 0 fully saturated rings. The summed E-state index contributed by atoms with van der Waals surface area (Å²) in [6.45, 7) is 4.21. The molecule has 0 bridgehead atoms. The normalized spacial score (nSPS) is 11.2. The number of halogens is 1. The number of amides is 1. The van der Waals surface area contributed by atoms with Crippen molar-refractivity contribution in [3.05, 3.63) is 0 Å². The van der Waals surface area contributed by atoms with Gasteiger partial charge in [-0.3, -0.25) is 4.79 Å². The highest BCUT2D eigenvalue weighted by Gasteiger charge is 2.06. The van der Waals surface area contributed by atoms with Crippen LogP contribution in [-0.2, 0) is 4.79 Å². The maximum Gasteiger partial charge on any atom is 0.219 e. The second kappa shape index (κ2) is 19.7. The molecule has 0 aliphatic heterocycles. The largest absolute Gasteiger partial charge is 1.00 e. The monoisotopic (exact) mass is 434 g/mol. The van der Waals surface area contributed by atoms with Crippen molar-refractivity contribution < 1.29 is 26.3 Å². The van der Waals surface area contributed by atoms with Gasteiger partial charge in [0.2, 0.25) is 5.91 Å². The zero-order valence-corrected chi connectivity index (χ0v) is 19.8. The summed E-state index contributed by atoms with van der Waals surface area (Å²) in [7, 11) is 6.57. The van der Waals surface area contributed by atoms with Crippen molar-refractivity contribution in [2.75, 3.05) is 34.2 Å². The third-order valence-corrected chi connectivity index (χ3v) is 4.84. The number of carbonyl (C=O) groups excluding carboxylic acids is 1. The molecule has 0 aromatic heterocycles. The first-order valence-electron chi connectivity index (χ1n) is 11.0. The lowest BCUT2D eigenvalue weighted by molar-refractivity contribution is -0.870. The van der Waals surface area contributed by atoms with E-state index in [-0.39, 0.29) is 22.9 Å². The predicted octanol–water partition coefficient (Wildman–Crippen LogP) is 2.68. The fourth-order valence-corrected chi connectivity index (χ4v) is 3.17. The molecule has 0 aromatic rings. The molecule has 0 saturated carbocycles. The molecular formula is C22H47BrN2O. The molecule has 0 aliphatic carbocycles. The number of quaternary nitrogens is 1. The molecule has 0 atom stereocenters. The van der Waals surface area contributed by atoms with Gasteiger partial charge >= 0.3 is 0 Å². The van der Waals surface area contributed by atoms with Gasteiger partial charge in [-0.2, -0.15) is 0 Å². The molecule has 1 N–H and O–H groups in total. The number of rotatable bonds is 18. The summed E-state index contributed by atoms with van der Waals surface area (Å²) >= 11 is 0. The highest BCUT2D eigenvalue weighted by atomic mass is 79.9. The molecule has 1 amide bonds. The van der Waals surface area contributed by atoms with Crippen LogP contribution in [0.5, 0.6) is 0 Å². The van der Waals surface area contributed by atoms with Crippen LogP contribution in [0.4, 0.5) is 0 Å². The third-order valence-electron chi connectivity index (χ3n) is 4.84. The molecule has 0 spiro atoms. The minimum Gasteiger partial charge on any atom is -1.00 e. The van der Waals surface area contributed by atoms with Crippen LogP contribution in [0.1, 0.15) is 103 Å². The Morgan fingerprint density at radius 2 is 1.12 bits per heavy atom. The van der Waals surface area contributed by atoms with Crippen molar-refractivity contribution in [1.29, 1.82) is 0 Å². The molecular weight excluding hydrogens is 388 g/mol. The fraction of sp³-hybridized carbons (Fsp3) is 0.955. The smallest absolute Gasteiger partial charge is 0.219 e. The lowest BCUT2D eigenvalue weighted by Crippen LogP contribution is -3.00. The first-order valence-corrected chi connectivity index (χ1v) is 11.0. The van der Waals surface area contributed by atoms with Crippen molar-refractivity contribution >= 4 is 5.91 Å². The topological polar surface area (TPSA) is 29.1 Å². The fourth-order valence-electron chi connectivity index (χ4n) is 3.17. The summed E-state index contributed by atoms with van der Waals surface area (Å²) in [6.07, 6.45) is 19.4. The van der Waals surface area contributed by atoms with Crippen molar-refractivity contribution in [3.8, 4) is 0 Å². The van der Waals surface area contributed by atoms with Gasteiger partial charge in [0.05, 0.1) is 27.7 Å². The van der Waals surface area contributed by atoms with Gasteiger partial charge in [-0.05, 0) is 6.42 Å². The number of unbranched alkanes of at least 4 members (excludes halogenated alkanes) is 12. The first-order chi connectivity index (χ1) is 12.0. The van der Waals surface area contributed by atoms with Gasteiger partial charge in [-0.25, -0.2) is 0 Å². The highest BCUT2D eigenvalue weighted by Crippen LogP contribution is 2.12. The average molecular weight is 436 g/mol. The van der Waals surface area contributed by atoms with E-state index in [1.165, 1.54) is 77.0 Å². The molecule has 0 radical (unpaired) electrons. The highest BCUT2D eigenvalue weighted by molar-refractivity contribution is 5.75. The molecule has 3 nitrogen and oxygen atoms in total. The van der Waals surface area contributed by atoms with Crippen LogP contribution in [0.3, 0.4) is 0 Å². The van der Waals surface area contributed by atoms with Gasteiger partial charge in [0, 0.05) is 19.4 Å². The van der Waals surface area contributed by atoms with E-state index in [1.54, 1.807) is 0 Å². The Bertz CT molecular complexity index is 303. The molecule has 0 rings (SSSR count). The van der Waals surface area contributed by atoms with Crippen LogP contribution >= 0.6 is 0 Å². The van der Waals surface area contributed by atoms with Gasteiger partial charge in [-0.1, -0.05) is 84.0 Å². The maximum atomic E-state index is 11.8. The molecule has 0 aromatic carbocycles. The van der Waals surface area contributed by atoms with E-state index < -0.39 is 0 Å². The van der Waals surface area contributed by atoms with Gasteiger partial charge in [0.1, 0.15) is 0 Å². The van der Waals surface area contributed by atoms with Crippen LogP contribution in [0.25, 0.3) is 0 Å². The SMILES string of the molecule is CCCCCCCCCCCCCCCC(=O)NCCC[N+](C)(C)C.[Br-]. The van der Waals surface area contributed by atoms with E-state index in [4.69, 9.17) is 0 Å². The number of nitrogens with one attached hydrogen (secondary N) is 1. The Morgan fingerprint density at radius 3 is 1.54 bits per heavy atom. The molecule has 0 unspecified atom stereocenters. The van der Waals surface area contributed by atoms with Gasteiger partial charge in [0.15, 0.2) is 0 Å². The third kappa shape index (κ3) is 23.9.